The second-order valence-corrected chi connectivity index (χ2v) is 4.99. The molecule has 0 saturated heterocycles. The summed E-state index contributed by atoms with van der Waals surface area (Å²) in [5.41, 5.74) is 0. The maximum Gasteiger partial charge on any atom is 0.230 e. The fraction of sp³-hybridized carbons (Fsp3) is 0.636. The van der Waals surface area contributed by atoms with Crippen molar-refractivity contribution in [2.45, 2.75) is 13.0 Å². The molecule has 1 rings (SSSR count). The summed E-state index contributed by atoms with van der Waals surface area (Å²) in [6.45, 7) is 1.30. The molecule has 0 saturated carbocycles. The normalized spacial score (nSPS) is 10.2. The Kier molecular flexibility index (Phi) is 5.87. The maximum absolute atomic E-state index is 11.0. The zero-order chi connectivity index (χ0) is 13.5. The Hall–Kier alpha value is -1.34. The smallest absolute Gasteiger partial charge is 0.230 e. The zero-order valence-electron chi connectivity index (χ0n) is 11.2. The molecular weight excluding hydrogens is 252 g/mol. The highest BCUT2D eigenvalue weighted by atomic mass is 32.1. The van der Waals surface area contributed by atoms with Crippen LogP contribution in [-0.4, -0.2) is 45.7 Å². The Morgan fingerprint density at radius 2 is 2.22 bits per heavy atom. The fourth-order valence-corrected chi connectivity index (χ4v) is 2.24. The molecule has 0 unspecified atom stereocenters. The number of aromatic nitrogens is 1. The van der Waals surface area contributed by atoms with Crippen LogP contribution in [0.5, 0.6) is 5.88 Å². The molecule has 0 radical (unpaired) electrons. The van der Waals surface area contributed by atoms with E-state index in [0.29, 0.717) is 25.4 Å². The Labute approximate surface area is 111 Å². The molecule has 1 heterocycles. The first-order valence-electron chi connectivity index (χ1n) is 5.70. The molecule has 0 spiro atoms. The van der Waals surface area contributed by atoms with Crippen molar-refractivity contribution in [3.63, 3.8) is 0 Å². The second-order valence-electron chi connectivity index (χ2n) is 3.92. The number of amides is 1. The van der Waals surface area contributed by atoms with Gasteiger partial charge in [-0.25, -0.2) is 0 Å². The van der Waals surface area contributed by atoms with Gasteiger partial charge in [0.2, 0.25) is 11.8 Å². The quantitative estimate of drug-likeness (QED) is 0.705. The lowest BCUT2D eigenvalue weighted by molar-refractivity contribution is -0.120. The monoisotopic (exact) mass is 272 g/mol. The van der Waals surface area contributed by atoms with Crippen LogP contribution in [0.25, 0.3) is 0 Å². The van der Waals surface area contributed by atoms with Crippen molar-refractivity contribution >= 4 is 22.4 Å². The predicted octanol–water partition coefficient (Wildman–Crippen LogP) is 0.443. The minimum atomic E-state index is 0.0350. The first-order chi connectivity index (χ1) is 8.58. The van der Waals surface area contributed by atoms with Gasteiger partial charge in [0.05, 0.1) is 12.0 Å². The molecule has 0 aromatic carbocycles. The highest BCUT2D eigenvalue weighted by Crippen LogP contribution is 2.29. The number of hydrogen-bond acceptors (Lipinski definition) is 6. The van der Waals surface area contributed by atoms with Gasteiger partial charge in [-0.1, -0.05) is 11.3 Å². The Morgan fingerprint density at radius 3 is 2.78 bits per heavy atom. The lowest BCUT2D eigenvalue weighted by Gasteiger charge is -2.05. The van der Waals surface area contributed by atoms with Gasteiger partial charge >= 0.3 is 0 Å². The predicted molar refractivity (Wildman–Crippen MR) is 73.4 cm³/mol. The van der Waals surface area contributed by atoms with E-state index in [1.807, 2.05) is 19.0 Å². The minimum absolute atomic E-state index is 0.0350. The van der Waals surface area contributed by atoms with Gasteiger partial charge < -0.3 is 20.3 Å². The van der Waals surface area contributed by atoms with Crippen LogP contribution in [0.4, 0.5) is 5.13 Å². The van der Waals surface area contributed by atoms with Gasteiger partial charge in [-0.15, -0.1) is 0 Å². The SMILES string of the molecule is CNC(=O)CCNCc1sc(N(C)C)nc1OC. The van der Waals surface area contributed by atoms with Crippen molar-refractivity contribution in [2.24, 2.45) is 0 Å². The molecule has 7 heteroatoms. The molecule has 6 nitrogen and oxygen atoms in total. The molecule has 1 aromatic rings. The van der Waals surface area contributed by atoms with E-state index < -0.39 is 0 Å². The molecular formula is C11H20N4O2S. The number of carbonyl (C=O) groups is 1. The number of thiazole rings is 1. The summed E-state index contributed by atoms with van der Waals surface area (Å²) in [6.07, 6.45) is 0.470. The average Bonchev–Trinajstić information content (AvgIpc) is 2.77. The molecule has 1 amide bonds. The van der Waals surface area contributed by atoms with Crippen molar-refractivity contribution in [1.29, 1.82) is 0 Å². The molecule has 0 fully saturated rings. The standard InChI is InChI=1S/C11H20N4O2S/c1-12-9(16)5-6-13-7-8-10(17-4)14-11(18-8)15(2)3/h13H,5-7H2,1-4H3,(H,12,16). The summed E-state index contributed by atoms with van der Waals surface area (Å²) in [6, 6.07) is 0. The van der Waals surface area contributed by atoms with Gasteiger partial charge in [0.1, 0.15) is 0 Å². The number of nitrogens with one attached hydrogen (secondary N) is 2. The van der Waals surface area contributed by atoms with Gasteiger partial charge in [0.25, 0.3) is 0 Å². The molecule has 18 heavy (non-hydrogen) atoms. The molecule has 0 atom stereocenters. The first kappa shape index (κ1) is 14.7. The van der Waals surface area contributed by atoms with E-state index >= 15 is 0 Å². The summed E-state index contributed by atoms with van der Waals surface area (Å²) in [5.74, 6) is 0.684. The third-order valence-electron chi connectivity index (χ3n) is 2.32. The third kappa shape index (κ3) is 4.15. The lowest BCUT2D eigenvalue weighted by atomic mass is 10.4. The number of ether oxygens (including phenoxy) is 1. The molecule has 102 valence electrons. The summed E-state index contributed by atoms with van der Waals surface area (Å²) >= 11 is 1.58. The van der Waals surface area contributed by atoms with Crippen LogP contribution >= 0.6 is 11.3 Å². The van der Waals surface area contributed by atoms with Crippen molar-refractivity contribution in [1.82, 2.24) is 15.6 Å². The zero-order valence-corrected chi connectivity index (χ0v) is 12.1. The van der Waals surface area contributed by atoms with E-state index in [0.717, 1.165) is 10.0 Å². The minimum Gasteiger partial charge on any atom is -0.480 e. The molecule has 1 aromatic heterocycles. The van der Waals surface area contributed by atoms with Crippen LogP contribution in [0.2, 0.25) is 0 Å². The fourth-order valence-electron chi connectivity index (χ4n) is 1.32. The summed E-state index contributed by atoms with van der Waals surface area (Å²) in [7, 11) is 7.14. The van der Waals surface area contributed by atoms with Crippen LogP contribution in [0.3, 0.4) is 0 Å². The highest BCUT2D eigenvalue weighted by Gasteiger charge is 2.12. The van der Waals surface area contributed by atoms with Crippen molar-refractivity contribution < 1.29 is 9.53 Å². The average molecular weight is 272 g/mol. The summed E-state index contributed by atoms with van der Waals surface area (Å²) in [5, 5.41) is 6.70. The van der Waals surface area contributed by atoms with Gasteiger partial charge in [-0.3, -0.25) is 4.79 Å². The molecule has 0 aliphatic carbocycles. The van der Waals surface area contributed by atoms with E-state index in [4.69, 9.17) is 4.74 Å². The van der Waals surface area contributed by atoms with Crippen molar-refractivity contribution in [3.8, 4) is 5.88 Å². The number of anilines is 1. The number of rotatable bonds is 7. The molecule has 0 aliphatic rings. The molecule has 0 aliphatic heterocycles. The third-order valence-corrected chi connectivity index (χ3v) is 3.52. The Morgan fingerprint density at radius 1 is 1.50 bits per heavy atom. The molecule has 0 bridgehead atoms. The van der Waals surface area contributed by atoms with E-state index in [1.54, 1.807) is 25.5 Å². The van der Waals surface area contributed by atoms with Crippen LogP contribution < -0.4 is 20.3 Å². The Balaban J connectivity index is 2.48. The van der Waals surface area contributed by atoms with Crippen molar-refractivity contribution in [2.75, 3.05) is 39.7 Å². The Bertz CT molecular complexity index is 392. The number of carbonyl (C=O) groups excluding carboxylic acids is 1. The summed E-state index contributed by atoms with van der Waals surface area (Å²) in [4.78, 5) is 18.4. The maximum atomic E-state index is 11.0. The van der Waals surface area contributed by atoms with E-state index in [2.05, 4.69) is 15.6 Å². The van der Waals surface area contributed by atoms with Crippen LogP contribution in [0, 0.1) is 0 Å². The summed E-state index contributed by atoms with van der Waals surface area (Å²) < 4.78 is 5.23. The van der Waals surface area contributed by atoms with Gasteiger partial charge in [-0.2, -0.15) is 4.98 Å². The number of nitrogens with zero attached hydrogens (tertiary/aromatic N) is 2. The van der Waals surface area contributed by atoms with E-state index in [-0.39, 0.29) is 5.91 Å². The second kappa shape index (κ2) is 7.17. The number of hydrogen-bond donors (Lipinski definition) is 2. The van der Waals surface area contributed by atoms with Gasteiger partial charge in [0, 0.05) is 40.7 Å². The molecule has 2 N–H and O–H groups in total. The lowest BCUT2D eigenvalue weighted by Crippen LogP contribution is -2.24. The van der Waals surface area contributed by atoms with E-state index in [1.165, 1.54) is 0 Å². The number of methoxy groups -OCH3 is 1. The van der Waals surface area contributed by atoms with Crippen LogP contribution in [0.15, 0.2) is 0 Å². The largest absolute Gasteiger partial charge is 0.480 e. The topological polar surface area (TPSA) is 66.5 Å². The van der Waals surface area contributed by atoms with Crippen LogP contribution in [0.1, 0.15) is 11.3 Å². The van der Waals surface area contributed by atoms with Gasteiger partial charge in [0.15, 0.2) is 5.13 Å². The highest BCUT2D eigenvalue weighted by molar-refractivity contribution is 7.15. The first-order valence-corrected chi connectivity index (χ1v) is 6.52. The van der Waals surface area contributed by atoms with E-state index in [9.17, 15) is 4.79 Å². The van der Waals surface area contributed by atoms with Crippen molar-refractivity contribution in [3.05, 3.63) is 4.88 Å². The van der Waals surface area contributed by atoms with Crippen LogP contribution in [-0.2, 0) is 11.3 Å². The van der Waals surface area contributed by atoms with Gasteiger partial charge in [-0.05, 0) is 0 Å².